The topological polar surface area (TPSA) is 21.3 Å². The summed E-state index contributed by atoms with van der Waals surface area (Å²) in [6.45, 7) is 0.183. The molecule has 19 heavy (non-hydrogen) atoms. The van der Waals surface area contributed by atoms with Crippen molar-refractivity contribution in [2.75, 3.05) is 18.6 Å². The number of unbranched alkanes of at least 4 members (excludes halogenated alkanes) is 1. The molecule has 0 heterocycles. The molecule has 0 saturated heterocycles. The van der Waals surface area contributed by atoms with Crippen molar-refractivity contribution in [3.05, 3.63) is 29.8 Å². The van der Waals surface area contributed by atoms with Gasteiger partial charge in [0.25, 0.3) is 0 Å². The van der Waals surface area contributed by atoms with Crippen LogP contribution in [0.4, 0.5) is 8.78 Å². The first-order valence-electron chi connectivity index (χ1n) is 6.40. The molecule has 0 saturated carbocycles. The van der Waals surface area contributed by atoms with Crippen molar-refractivity contribution < 1.29 is 13.5 Å². The smallest absolute Gasteiger partial charge is 0.387 e. The van der Waals surface area contributed by atoms with Gasteiger partial charge in [-0.15, -0.1) is 0 Å². The molecule has 0 bridgehead atoms. The van der Waals surface area contributed by atoms with E-state index in [1.54, 1.807) is 18.2 Å². The predicted molar refractivity (Wildman–Crippen MR) is 77.1 cm³/mol. The minimum Gasteiger partial charge on any atom is -0.435 e. The van der Waals surface area contributed by atoms with E-state index in [4.69, 9.17) is 0 Å². The Bertz CT molecular complexity index is 363. The van der Waals surface area contributed by atoms with Crippen LogP contribution < -0.4 is 10.1 Å². The summed E-state index contributed by atoms with van der Waals surface area (Å²) in [5.41, 5.74) is 0.961. The van der Waals surface area contributed by atoms with Crippen molar-refractivity contribution in [2.24, 2.45) is 0 Å². The van der Waals surface area contributed by atoms with Crippen molar-refractivity contribution in [2.45, 2.75) is 32.4 Å². The van der Waals surface area contributed by atoms with Gasteiger partial charge in [-0.1, -0.05) is 12.1 Å². The molecule has 0 spiro atoms. The van der Waals surface area contributed by atoms with Crippen LogP contribution in [0.2, 0.25) is 0 Å². The Morgan fingerprint density at radius 1 is 1.32 bits per heavy atom. The summed E-state index contributed by atoms with van der Waals surface area (Å²) in [7, 11) is 0. The highest BCUT2D eigenvalue weighted by Gasteiger charge is 2.08. The van der Waals surface area contributed by atoms with Crippen molar-refractivity contribution in [1.29, 1.82) is 0 Å². The molecule has 5 heteroatoms. The molecule has 0 amide bonds. The average Bonchev–Trinajstić information content (AvgIpc) is 2.38. The van der Waals surface area contributed by atoms with E-state index in [1.165, 1.54) is 12.2 Å². The van der Waals surface area contributed by atoms with Crippen LogP contribution in [0, 0.1) is 0 Å². The second-order valence-electron chi connectivity index (χ2n) is 4.33. The lowest BCUT2D eigenvalue weighted by Gasteiger charge is -2.15. The zero-order valence-electron chi connectivity index (χ0n) is 11.4. The summed E-state index contributed by atoms with van der Waals surface area (Å²) >= 11 is 1.85. The molecule has 0 aromatic heterocycles. The molecule has 0 aliphatic carbocycles. The Morgan fingerprint density at radius 2 is 2.11 bits per heavy atom. The van der Waals surface area contributed by atoms with Crippen LogP contribution in [0.1, 0.15) is 31.4 Å². The van der Waals surface area contributed by atoms with Crippen LogP contribution in [-0.4, -0.2) is 25.2 Å². The van der Waals surface area contributed by atoms with Gasteiger partial charge in [-0.2, -0.15) is 20.5 Å². The third-order valence-electron chi connectivity index (χ3n) is 2.81. The number of hydrogen-bond acceptors (Lipinski definition) is 3. The largest absolute Gasteiger partial charge is 0.435 e. The molecule has 1 aromatic carbocycles. The van der Waals surface area contributed by atoms with Gasteiger partial charge in [-0.25, -0.2) is 0 Å². The number of hydrogen-bond donors (Lipinski definition) is 1. The Hall–Kier alpha value is -0.810. The lowest BCUT2D eigenvalue weighted by Crippen LogP contribution is -2.20. The molecule has 1 rings (SSSR count). The van der Waals surface area contributed by atoms with Gasteiger partial charge in [0, 0.05) is 6.04 Å². The van der Waals surface area contributed by atoms with Gasteiger partial charge in [0.05, 0.1) is 0 Å². The molecule has 2 nitrogen and oxygen atoms in total. The highest BCUT2D eigenvalue weighted by molar-refractivity contribution is 7.98. The third-order valence-corrected chi connectivity index (χ3v) is 3.51. The van der Waals surface area contributed by atoms with Gasteiger partial charge in [0.1, 0.15) is 5.75 Å². The molecule has 0 radical (unpaired) electrons. The average molecular weight is 289 g/mol. The van der Waals surface area contributed by atoms with Crippen LogP contribution in [0.3, 0.4) is 0 Å². The molecular weight excluding hydrogens is 268 g/mol. The van der Waals surface area contributed by atoms with Gasteiger partial charge in [-0.05, 0) is 56.0 Å². The summed E-state index contributed by atoms with van der Waals surface area (Å²) < 4.78 is 28.7. The van der Waals surface area contributed by atoms with E-state index in [1.807, 2.05) is 24.8 Å². The first-order valence-corrected chi connectivity index (χ1v) is 7.80. The molecule has 1 atom stereocenters. The van der Waals surface area contributed by atoms with Crippen LogP contribution in [-0.2, 0) is 0 Å². The number of halogens is 2. The molecule has 0 fully saturated rings. The molecule has 0 aliphatic rings. The Kier molecular flexibility index (Phi) is 7.82. The number of benzene rings is 1. The minimum absolute atomic E-state index is 0.135. The maximum Gasteiger partial charge on any atom is 0.387 e. The highest BCUT2D eigenvalue weighted by atomic mass is 32.2. The van der Waals surface area contributed by atoms with Gasteiger partial charge < -0.3 is 10.1 Å². The predicted octanol–water partition coefficient (Wildman–Crippen LogP) is 4.08. The van der Waals surface area contributed by atoms with E-state index in [0.29, 0.717) is 0 Å². The third kappa shape index (κ3) is 6.78. The molecule has 1 aromatic rings. The summed E-state index contributed by atoms with van der Waals surface area (Å²) in [4.78, 5) is 0. The Balaban J connectivity index is 2.40. The molecule has 0 aliphatic heterocycles. The van der Waals surface area contributed by atoms with Crippen molar-refractivity contribution in [3.63, 3.8) is 0 Å². The lowest BCUT2D eigenvalue weighted by molar-refractivity contribution is -0.0499. The number of ether oxygens (including phenoxy) is 1. The second-order valence-corrected chi connectivity index (χ2v) is 5.31. The maximum absolute atomic E-state index is 12.1. The normalized spacial score (nSPS) is 12.7. The monoisotopic (exact) mass is 289 g/mol. The van der Waals surface area contributed by atoms with E-state index < -0.39 is 6.61 Å². The number of rotatable bonds is 9. The fourth-order valence-electron chi connectivity index (χ4n) is 1.77. The molecule has 108 valence electrons. The van der Waals surface area contributed by atoms with Crippen LogP contribution >= 0.6 is 11.8 Å². The minimum atomic E-state index is -2.77. The summed E-state index contributed by atoms with van der Waals surface area (Å²) in [6.07, 6.45) is 4.42. The zero-order chi connectivity index (χ0) is 14.1. The van der Waals surface area contributed by atoms with Gasteiger partial charge >= 0.3 is 6.61 Å². The quantitative estimate of drug-likeness (QED) is 0.692. The Labute approximate surface area is 117 Å². The maximum atomic E-state index is 12.1. The van der Waals surface area contributed by atoms with Gasteiger partial charge in [0.15, 0.2) is 0 Å². The van der Waals surface area contributed by atoms with E-state index in [0.717, 1.165) is 18.5 Å². The SMILES string of the molecule is CSCCCCNC(C)c1cccc(OC(F)F)c1. The van der Waals surface area contributed by atoms with Gasteiger partial charge in [-0.3, -0.25) is 0 Å². The van der Waals surface area contributed by atoms with E-state index in [-0.39, 0.29) is 11.8 Å². The summed E-state index contributed by atoms with van der Waals surface area (Å²) in [6, 6.07) is 6.99. The van der Waals surface area contributed by atoms with Crippen LogP contribution in [0.15, 0.2) is 24.3 Å². The van der Waals surface area contributed by atoms with E-state index in [9.17, 15) is 8.78 Å². The van der Waals surface area contributed by atoms with E-state index in [2.05, 4.69) is 16.3 Å². The van der Waals surface area contributed by atoms with Crippen molar-refractivity contribution >= 4 is 11.8 Å². The standard InChI is InChI=1S/C14H21F2NOS/c1-11(17-8-3-4-9-19-2)12-6-5-7-13(10-12)18-14(15)16/h5-7,10-11,14,17H,3-4,8-9H2,1-2H3. The zero-order valence-corrected chi connectivity index (χ0v) is 12.2. The van der Waals surface area contributed by atoms with Crippen LogP contribution in [0.25, 0.3) is 0 Å². The fraction of sp³-hybridized carbons (Fsp3) is 0.571. The van der Waals surface area contributed by atoms with Gasteiger partial charge in [0.2, 0.25) is 0 Å². The lowest BCUT2D eigenvalue weighted by atomic mass is 10.1. The fourth-order valence-corrected chi connectivity index (χ4v) is 2.26. The summed E-state index contributed by atoms with van der Waals surface area (Å²) in [5.74, 6) is 1.39. The van der Waals surface area contributed by atoms with Crippen molar-refractivity contribution in [3.8, 4) is 5.75 Å². The van der Waals surface area contributed by atoms with Crippen molar-refractivity contribution in [1.82, 2.24) is 5.32 Å². The first kappa shape index (κ1) is 16.2. The first-order chi connectivity index (χ1) is 9.13. The summed E-state index contributed by atoms with van der Waals surface area (Å²) in [5, 5.41) is 3.39. The number of nitrogens with one attached hydrogen (secondary N) is 1. The Morgan fingerprint density at radius 3 is 2.79 bits per heavy atom. The van der Waals surface area contributed by atoms with Crippen LogP contribution in [0.5, 0.6) is 5.75 Å². The molecule has 1 N–H and O–H groups in total. The highest BCUT2D eigenvalue weighted by Crippen LogP contribution is 2.20. The molecule has 1 unspecified atom stereocenters. The number of alkyl halides is 2. The van der Waals surface area contributed by atoms with E-state index >= 15 is 0 Å². The number of thioether (sulfide) groups is 1. The second kappa shape index (κ2) is 9.15. The molecular formula is C14H21F2NOS.